The summed E-state index contributed by atoms with van der Waals surface area (Å²) in [6.07, 6.45) is 4.35. The highest BCUT2D eigenvalue weighted by molar-refractivity contribution is 7.89. The van der Waals surface area contributed by atoms with Gasteiger partial charge in [0.15, 0.2) is 0 Å². The predicted molar refractivity (Wildman–Crippen MR) is 130 cm³/mol. The summed E-state index contributed by atoms with van der Waals surface area (Å²) >= 11 is 6.34. The van der Waals surface area contributed by atoms with Crippen molar-refractivity contribution in [3.05, 3.63) is 45.8 Å². The van der Waals surface area contributed by atoms with E-state index in [0.29, 0.717) is 37.6 Å². The molecule has 0 bridgehead atoms. The predicted octanol–water partition coefficient (Wildman–Crippen LogP) is 1.41. The Morgan fingerprint density at radius 2 is 1.74 bits per heavy atom. The van der Waals surface area contributed by atoms with Gasteiger partial charge in [-0.2, -0.15) is 9.40 Å². The van der Waals surface area contributed by atoms with Crippen molar-refractivity contribution in [2.45, 2.75) is 41.5 Å². The van der Waals surface area contributed by atoms with Gasteiger partial charge in [-0.05, 0) is 55.9 Å². The van der Waals surface area contributed by atoms with Crippen molar-refractivity contribution in [1.82, 2.24) is 14.1 Å². The summed E-state index contributed by atoms with van der Waals surface area (Å²) in [5.41, 5.74) is 0.0536. The Bertz CT molecular complexity index is 1320. The van der Waals surface area contributed by atoms with Crippen LogP contribution in [0.3, 0.4) is 0 Å². The largest absolute Gasteiger partial charge is 0.382 e. The fourth-order valence-electron chi connectivity index (χ4n) is 4.33. The molecule has 11 nitrogen and oxygen atoms in total. The second-order valence-corrected chi connectivity index (χ2v) is 12.6. The monoisotopic (exact) mass is 545 g/mol. The summed E-state index contributed by atoms with van der Waals surface area (Å²) in [6, 6.07) is 4.47. The van der Waals surface area contributed by atoms with Gasteiger partial charge in [0.05, 0.1) is 34.3 Å². The number of anilines is 1. The molecule has 192 valence electrons. The van der Waals surface area contributed by atoms with E-state index >= 15 is 0 Å². The summed E-state index contributed by atoms with van der Waals surface area (Å²) in [6.45, 7) is 2.45. The lowest BCUT2D eigenvalue weighted by Crippen LogP contribution is -2.41. The van der Waals surface area contributed by atoms with Crippen LogP contribution in [-0.4, -0.2) is 63.8 Å². The lowest BCUT2D eigenvalue weighted by atomic mass is 10.0. The molecule has 2 fully saturated rings. The Hall–Kier alpha value is -2.03. The first-order valence-corrected chi connectivity index (χ1v) is 14.7. The lowest BCUT2D eigenvalue weighted by molar-refractivity contribution is 0.0595. The van der Waals surface area contributed by atoms with E-state index in [4.69, 9.17) is 21.5 Å². The van der Waals surface area contributed by atoms with Gasteiger partial charge >= 0.3 is 0 Å². The molecule has 2 saturated heterocycles. The molecule has 3 N–H and O–H groups in total. The van der Waals surface area contributed by atoms with Crippen molar-refractivity contribution in [2.75, 3.05) is 38.2 Å². The Labute approximate surface area is 209 Å². The second-order valence-electron chi connectivity index (χ2n) is 8.74. The topological polar surface area (TPSA) is 154 Å². The molecule has 0 radical (unpaired) electrons. The maximum atomic E-state index is 13.0. The fraction of sp³-hybridized carbons (Fsp3) is 0.524. The van der Waals surface area contributed by atoms with E-state index < -0.39 is 25.6 Å². The summed E-state index contributed by atoms with van der Waals surface area (Å²) in [5.74, 6) is 0.351. The second kappa shape index (κ2) is 10.5. The van der Waals surface area contributed by atoms with Gasteiger partial charge in [0, 0.05) is 26.2 Å². The van der Waals surface area contributed by atoms with Gasteiger partial charge in [0.1, 0.15) is 5.02 Å². The third-order valence-electron chi connectivity index (χ3n) is 6.34. The van der Waals surface area contributed by atoms with Gasteiger partial charge in [-0.1, -0.05) is 11.6 Å². The number of primary sulfonamides is 1. The maximum absolute atomic E-state index is 13.0. The first-order valence-electron chi connectivity index (χ1n) is 11.3. The molecule has 4 rings (SSSR count). The number of rotatable bonds is 7. The van der Waals surface area contributed by atoms with Crippen molar-refractivity contribution >= 4 is 37.3 Å². The van der Waals surface area contributed by atoms with Crippen LogP contribution in [0.25, 0.3) is 0 Å². The van der Waals surface area contributed by atoms with Crippen LogP contribution in [0.4, 0.5) is 5.69 Å². The smallest absolute Gasteiger partial charge is 0.287 e. The number of sulfonamides is 2. The van der Waals surface area contributed by atoms with Crippen LogP contribution in [0.1, 0.15) is 31.7 Å². The Morgan fingerprint density at radius 1 is 1.09 bits per heavy atom. The number of aromatic nitrogens is 2. The van der Waals surface area contributed by atoms with Crippen LogP contribution in [0, 0.1) is 5.92 Å². The van der Waals surface area contributed by atoms with Gasteiger partial charge in [0.25, 0.3) is 5.56 Å². The van der Waals surface area contributed by atoms with Gasteiger partial charge < -0.3 is 10.1 Å². The number of hydrogen-bond acceptors (Lipinski definition) is 8. The third-order valence-corrected chi connectivity index (χ3v) is 9.55. The minimum Gasteiger partial charge on any atom is -0.382 e. The average Bonchev–Trinajstić information content (AvgIpc) is 2.85. The number of nitrogens with two attached hydrogens (primary N) is 1. The highest BCUT2D eigenvalue weighted by Crippen LogP contribution is 2.27. The van der Waals surface area contributed by atoms with Crippen molar-refractivity contribution in [3.63, 3.8) is 0 Å². The molecule has 0 aliphatic carbocycles. The summed E-state index contributed by atoms with van der Waals surface area (Å²) in [7, 11) is -7.75. The number of benzene rings is 1. The number of ether oxygens (including phenoxy) is 1. The van der Waals surface area contributed by atoms with E-state index in [0.717, 1.165) is 31.6 Å². The molecule has 3 heterocycles. The maximum Gasteiger partial charge on any atom is 0.287 e. The zero-order chi connectivity index (χ0) is 25.2. The Kier molecular flexibility index (Phi) is 7.83. The van der Waals surface area contributed by atoms with Crippen LogP contribution in [0.5, 0.6) is 0 Å². The van der Waals surface area contributed by atoms with Gasteiger partial charge in [0.2, 0.25) is 20.0 Å². The Morgan fingerprint density at radius 3 is 2.34 bits per heavy atom. The molecular weight excluding hydrogens is 518 g/mol. The first-order chi connectivity index (χ1) is 16.6. The van der Waals surface area contributed by atoms with Gasteiger partial charge in [-0.25, -0.2) is 26.7 Å². The van der Waals surface area contributed by atoms with Crippen molar-refractivity contribution in [2.24, 2.45) is 11.1 Å². The SMILES string of the molecule is NS(=O)(=O)c1ccc(S(=O)(=O)N2CCC(n3ncc(NC[C@H]4CCCOC4)c(Cl)c3=O)CC2)cc1. The van der Waals surface area contributed by atoms with E-state index in [1.807, 2.05) is 0 Å². The van der Waals surface area contributed by atoms with Crippen LogP contribution < -0.4 is 16.0 Å². The Balaban J connectivity index is 1.40. The molecule has 1 aromatic heterocycles. The standard InChI is InChI=1S/C21H28ClN5O6S2/c22-20-19(24-12-15-2-1-11-33-14-15)13-25-27(21(20)28)16-7-9-26(10-8-16)35(31,32)18-5-3-17(4-6-18)34(23,29)30/h3-6,13,15-16,24H,1-2,7-12,14H2,(H2,23,29,30)/t15-/m1/s1. The van der Waals surface area contributed by atoms with Crippen molar-refractivity contribution in [1.29, 1.82) is 0 Å². The van der Waals surface area contributed by atoms with E-state index in [2.05, 4.69) is 10.4 Å². The quantitative estimate of drug-likeness (QED) is 0.529. The highest BCUT2D eigenvalue weighted by atomic mass is 35.5. The number of hydrogen-bond donors (Lipinski definition) is 2. The molecule has 0 spiro atoms. The van der Waals surface area contributed by atoms with Crippen LogP contribution in [-0.2, 0) is 24.8 Å². The van der Waals surface area contributed by atoms with Crippen LogP contribution >= 0.6 is 11.6 Å². The van der Waals surface area contributed by atoms with E-state index in [1.165, 1.54) is 27.3 Å². The normalized spacial score (nSPS) is 20.6. The molecule has 2 aromatic rings. The van der Waals surface area contributed by atoms with E-state index in [-0.39, 0.29) is 33.9 Å². The van der Waals surface area contributed by atoms with Crippen LogP contribution in [0.15, 0.2) is 45.0 Å². The molecule has 0 saturated carbocycles. The number of nitrogens with zero attached hydrogens (tertiary/aromatic N) is 3. The number of nitrogens with one attached hydrogen (secondary N) is 1. The van der Waals surface area contributed by atoms with E-state index in [1.54, 1.807) is 0 Å². The highest BCUT2D eigenvalue weighted by Gasteiger charge is 2.31. The minimum absolute atomic E-state index is 0.0273. The van der Waals surface area contributed by atoms with Crippen LogP contribution in [0.2, 0.25) is 5.02 Å². The lowest BCUT2D eigenvalue weighted by Gasteiger charge is -2.31. The molecule has 35 heavy (non-hydrogen) atoms. The van der Waals surface area contributed by atoms with Gasteiger partial charge in [-0.15, -0.1) is 0 Å². The van der Waals surface area contributed by atoms with Gasteiger partial charge in [-0.3, -0.25) is 4.79 Å². The number of halogens is 1. The third kappa shape index (κ3) is 5.87. The minimum atomic E-state index is -3.92. The molecule has 2 aliphatic rings. The molecule has 1 aromatic carbocycles. The molecular formula is C21H28ClN5O6S2. The fourth-order valence-corrected chi connectivity index (χ4v) is 6.52. The zero-order valence-corrected chi connectivity index (χ0v) is 21.4. The molecule has 0 unspecified atom stereocenters. The summed E-state index contributed by atoms with van der Waals surface area (Å²) in [5, 5.41) is 12.6. The number of piperidine rings is 1. The summed E-state index contributed by atoms with van der Waals surface area (Å²) in [4.78, 5) is 12.7. The van der Waals surface area contributed by atoms with E-state index in [9.17, 15) is 21.6 Å². The molecule has 1 atom stereocenters. The molecule has 0 amide bonds. The molecule has 14 heteroatoms. The van der Waals surface area contributed by atoms with Crippen molar-refractivity contribution < 1.29 is 21.6 Å². The van der Waals surface area contributed by atoms with Crippen molar-refractivity contribution in [3.8, 4) is 0 Å². The molecule has 2 aliphatic heterocycles. The zero-order valence-electron chi connectivity index (χ0n) is 19.0. The first kappa shape index (κ1) is 26.0. The average molecular weight is 546 g/mol. The summed E-state index contributed by atoms with van der Waals surface area (Å²) < 4.78 is 56.9.